The fourth-order valence-corrected chi connectivity index (χ4v) is 6.10. The second kappa shape index (κ2) is 11.8. The van der Waals surface area contributed by atoms with E-state index in [1.165, 1.54) is 7.11 Å². The highest BCUT2D eigenvalue weighted by atomic mass is 32.2. The van der Waals surface area contributed by atoms with Crippen LogP contribution in [-0.2, 0) is 27.7 Å². The van der Waals surface area contributed by atoms with Gasteiger partial charge in [0.2, 0.25) is 5.88 Å². The first kappa shape index (κ1) is 30.2. The minimum atomic E-state index is -4.43. The number of piperazine rings is 1. The van der Waals surface area contributed by atoms with Gasteiger partial charge in [-0.2, -0.15) is 0 Å². The van der Waals surface area contributed by atoms with E-state index in [2.05, 4.69) is 24.6 Å². The number of rotatable bonds is 6. The number of nitrogens with one attached hydrogen (secondary N) is 1. The number of halogens is 2. The van der Waals surface area contributed by atoms with E-state index in [0.717, 1.165) is 29.2 Å². The van der Waals surface area contributed by atoms with Crippen LogP contribution in [0.1, 0.15) is 32.0 Å². The Kier molecular flexibility index (Phi) is 8.27. The number of anilines is 3. The van der Waals surface area contributed by atoms with Crippen LogP contribution >= 0.6 is 0 Å². The molecule has 3 aromatic rings. The molecule has 0 bridgehead atoms. The zero-order chi connectivity index (χ0) is 30.9. The van der Waals surface area contributed by atoms with Gasteiger partial charge in [-0.3, -0.25) is 4.72 Å². The number of nitrogens with zero attached hydrogens (tertiary/aromatic N) is 6. The van der Waals surface area contributed by atoms with Gasteiger partial charge in [-0.15, -0.1) is 0 Å². The predicted octanol–water partition coefficient (Wildman–Crippen LogP) is 3.58. The highest BCUT2D eigenvalue weighted by Gasteiger charge is 2.30. The molecule has 0 saturated carbocycles. The van der Waals surface area contributed by atoms with Gasteiger partial charge in [0.25, 0.3) is 10.0 Å². The maximum absolute atomic E-state index is 14.3. The van der Waals surface area contributed by atoms with Crippen LogP contribution in [-0.4, -0.2) is 79.8 Å². The Hall–Kier alpha value is -4.27. The maximum Gasteiger partial charge on any atom is 0.410 e. The van der Waals surface area contributed by atoms with Crippen molar-refractivity contribution in [1.82, 2.24) is 19.9 Å². The summed E-state index contributed by atoms with van der Waals surface area (Å²) in [6.07, 6.45) is 3.36. The van der Waals surface area contributed by atoms with Crippen molar-refractivity contribution in [3.63, 3.8) is 0 Å². The summed E-state index contributed by atoms with van der Waals surface area (Å²) in [5.41, 5.74) is 1.84. The standard InChI is InChI=1S/C28H33F2N7O5S/c1-28(2,3)42-27(38)36-11-9-35(10-12-36)25-20-16-37(8-7-22(20)32-17-33-25)19-14-23(26(41-4)31-15-19)34-43(39,40)24-6-5-18(29)13-21(24)30/h5-6,13-15,17,34H,7-12,16H2,1-4H3. The third-order valence-electron chi connectivity index (χ3n) is 7.03. The summed E-state index contributed by atoms with van der Waals surface area (Å²) < 4.78 is 66.7. The van der Waals surface area contributed by atoms with E-state index < -0.39 is 32.2 Å². The average molecular weight is 618 g/mol. The van der Waals surface area contributed by atoms with E-state index >= 15 is 0 Å². The van der Waals surface area contributed by atoms with Gasteiger partial charge in [-0.25, -0.2) is 36.9 Å². The Morgan fingerprint density at radius 1 is 1.00 bits per heavy atom. The van der Waals surface area contributed by atoms with E-state index in [1.807, 2.05) is 25.7 Å². The fourth-order valence-electron chi connectivity index (χ4n) is 4.99. The summed E-state index contributed by atoms with van der Waals surface area (Å²) in [7, 11) is -3.09. The number of carbonyl (C=O) groups is 1. The second-order valence-corrected chi connectivity index (χ2v) is 12.8. The molecule has 1 amide bonds. The monoisotopic (exact) mass is 617 g/mol. The molecule has 12 nitrogen and oxygen atoms in total. The van der Waals surface area contributed by atoms with Gasteiger partial charge in [0.1, 0.15) is 40.0 Å². The topological polar surface area (TPSA) is 130 Å². The summed E-state index contributed by atoms with van der Waals surface area (Å²) in [6, 6.07) is 3.78. The van der Waals surface area contributed by atoms with Crippen molar-refractivity contribution in [2.24, 2.45) is 0 Å². The number of carbonyl (C=O) groups excluding carboxylic acids is 1. The minimum Gasteiger partial charge on any atom is -0.479 e. The first-order valence-electron chi connectivity index (χ1n) is 13.7. The molecule has 1 fully saturated rings. The number of sulfonamides is 1. The van der Waals surface area contributed by atoms with Crippen LogP contribution in [0.25, 0.3) is 0 Å². The molecule has 0 spiro atoms. The van der Waals surface area contributed by atoms with Crippen molar-refractivity contribution in [3.05, 3.63) is 59.7 Å². The van der Waals surface area contributed by atoms with Gasteiger partial charge in [-0.05, 0) is 39.0 Å². The molecule has 1 saturated heterocycles. The lowest BCUT2D eigenvalue weighted by Gasteiger charge is -2.38. The highest BCUT2D eigenvalue weighted by molar-refractivity contribution is 7.92. The molecule has 5 rings (SSSR count). The van der Waals surface area contributed by atoms with Gasteiger partial charge in [0.05, 0.1) is 24.7 Å². The van der Waals surface area contributed by atoms with Gasteiger partial charge >= 0.3 is 6.09 Å². The Balaban J connectivity index is 1.35. The molecule has 2 aliphatic heterocycles. The second-order valence-electron chi connectivity index (χ2n) is 11.2. The molecule has 1 N–H and O–H groups in total. The normalized spacial score (nSPS) is 15.6. The third-order valence-corrected chi connectivity index (χ3v) is 8.43. The third kappa shape index (κ3) is 6.71. The minimum absolute atomic E-state index is 0.00248. The highest BCUT2D eigenvalue weighted by Crippen LogP contribution is 2.34. The smallest absolute Gasteiger partial charge is 0.410 e. The van der Waals surface area contributed by atoms with E-state index in [4.69, 9.17) is 9.47 Å². The van der Waals surface area contributed by atoms with Crippen molar-refractivity contribution < 1.29 is 31.5 Å². The molecule has 0 atom stereocenters. The molecule has 2 aliphatic rings. The van der Waals surface area contributed by atoms with Crippen molar-refractivity contribution in [2.75, 3.05) is 54.4 Å². The van der Waals surface area contributed by atoms with Crippen molar-refractivity contribution in [2.45, 2.75) is 44.2 Å². The molecule has 1 aromatic carbocycles. The number of ether oxygens (including phenoxy) is 2. The largest absolute Gasteiger partial charge is 0.479 e. The van der Waals surface area contributed by atoms with Crippen LogP contribution < -0.4 is 19.3 Å². The average Bonchev–Trinajstić information content (AvgIpc) is 2.95. The predicted molar refractivity (Wildman–Crippen MR) is 155 cm³/mol. The van der Waals surface area contributed by atoms with Crippen LogP contribution in [0.2, 0.25) is 0 Å². The van der Waals surface area contributed by atoms with Crippen LogP contribution in [0.5, 0.6) is 5.88 Å². The molecule has 0 radical (unpaired) electrons. The summed E-state index contributed by atoms with van der Waals surface area (Å²) in [6.45, 7) is 8.60. The Morgan fingerprint density at radius 2 is 1.74 bits per heavy atom. The number of pyridine rings is 1. The molecule has 0 aliphatic carbocycles. The first-order chi connectivity index (χ1) is 20.3. The number of hydrogen-bond donors (Lipinski definition) is 1. The first-order valence-corrected chi connectivity index (χ1v) is 15.2. The number of hydrogen-bond acceptors (Lipinski definition) is 10. The molecule has 4 heterocycles. The molecular formula is C28H33F2N7O5S. The van der Waals surface area contributed by atoms with Gasteiger partial charge in [0.15, 0.2) is 0 Å². The van der Waals surface area contributed by atoms with Crippen molar-refractivity contribution >= 4 is 33.3 Å². The quantitative estimate of drug-likeness (QED) is 0.438. The summed E-state index contributed by atoms with van der Waals surface area (Å²) >= 11 is 0. The molecule has 15 heteroatoms. The van der Waals surface area contributed by atoms with E-state index in [9.17, 15) is 22.0 Å². The van der Waals surface area contributed by atoms with Crippen LogP contribution in [0, 0.1) is 11.6 Å². The summed E-state index contributed by atoms with van der Waals surface area (Å²) in [5, 5.41) is 0. The van der Waals surface area contributed by atoms with Gasteiger partial charge in [-0.1, -0.05) is 0 Å². The van der Waals surface area contributed by atoms with Gasteiger partial charge in [0, 0.05) is 57.3 Å². The maximum atomic E-state index is 14.3. The molecule has 230 valence electrons. The van der Waals surface area contributed by atoms with Crippen LogP contribution in [0.3, 0.4) is 0 Å². The number of fused-ring (bicyclic) bond motifs is 1. The molecule has 43 heavy (non-hydrogen) atoms. The Bertz CT molecular complexity index is 1630. The summed E-state index contributed by atoms with van der Waals surface area (Å²) in [5.74, 6) is -1.36. The SMILES string of the molecule is COc1ncc(N2CCc3ncnc(N4CCN(C(=O)OC(C)(C)C)CC4)c3C2)cc1NS(=O)(=O)c1ccc(F)cc1F. The fraction of sp³-hybridized carbons (Fsp3) is 0.429. The van der Waals surface area contributed by atoms with Gasteiger partial charge < -0.3 is 24.2 Å². The van der Waals surface area contributed by atoms with E-state index in [1.54, 1.807) is 23.5 Å². The number of aromatic nitrogens is 3. The number of amides is 1. The van der Waals surface area contributed by atoms with E-state index in [-0.39, 0.29) is 17.7 Å². The number of benzene rings is 1. The zero-order valence-corrected chi connectivity index (χ0v) is 25.1. The number of methoxy groups -OCH3 is 1. The zero-order valence-electron chi connectivity index (χ0n) is 24.3. The lowest BCUT2D eigenvalue weighted by Crippen LogP contribution is -2.50. The van der Waals surface area contributed by atoms with Crippen LogP contribution in [0.15, 0.2) is 41.7 Å². The lowest BCUT2D eigenvalue weighted by molar-refractivity contribution is 0.0240. The Morgan fingerprint density at radius 3 is 2.42 bits per heavy atom. The molecule has 0 unspecified atom stereocenters. The molecule has 2 aromatic heterocycles. The lowest BCUT2D eigenvalue weighted by atomic mass is 10.0. The van der Waals surface area contributed by atoms with Crippen molar-refractivity contribution in [1.29, 1.82) is 0 Å². The summed E-state index contributed by atoms with van der Waals surface area (Å²) in [4.78, 5) is 31.0. The molecular weight excluding hydrogens is 584 g/mol. The Labute approximate surface area is 248 Å². The van der Waals surface area contributed by atoms with Crippen LogP contribution in [0.4, 0.5) is 30.8 Å². The van der Waals surface area contributed by atoms with E-state index in [0.29, 0.717) is 57.4 Å². The van der Waals surface area contributed by atoms with Crippen molar-refractivity contribution in [3.8, 4) is 5.88 Å².